The highest BCUT2D eigenvalue weighted by molar-refractivity contribution is 5.78. The highest BCUT2D eigenvalue weighted by atomic mass is 16.5. The van der Waals surface area contributed by atoms with Gasteiger partial charge in [-0.3, -0.25) is 0 Å². The quantitative estimate of drug-likeness (QED) is 0.153. The summed E-state index contributed by atoms with van der Waals surface area (Å²) in [6.07, 6.45) is 0. The summed E-state index contributed by atoms with van der Waals surface area (Å²) in [6, 6.07) is 75.5. The van der Waals surface area contributed by atoms with E-state index in [0.29, 0.717) is 11.6 Å². The van der Waals surface area contributed by atoms with E-state index in [4.69, 9.17) is 24.7 Å². The molecule has 0 radical (unpaired) electrons. The minimum absolute atomic E-state index is 0.319. The fourth-order valence-corrected chi connectivity index (χ4v) is 8.64. The maximum atomic E-state index is 6.61. The molecule has 10 aromatic rings. The molecule has 3 heterocycles. The van der Waals surface area contributed by atoms with E-state index in [0.717, 1.165) is 101 Å². The third-order valence-corrected chi connectivity index (χ3v) is 12.2. The average molecular weight is 823 g/mol. The topological polar surface area (TPSA) is 60.8 Å². The monoisotopic (exact) mass is 822 g/mol. The molecule has 0 bridgehead atoms. The SMILES string of the molecule is CC1(C)c2cc(-c3ccc(-c4cc(-c5ccccc5)nc(-c5ccccc5)n4)cc3)ccc2Oc2ccc(-c3ccc(-c4cc(-c5ccccc5)nc(-c5ccccc5)n4)cc3)cc21. The van der Waals surface area contributed by atoms with Gasteiger partial charge in [-0.2, -0.15) is 0 Å². The molecule has 0 spiro atoms. The Morgan fingerprint density at radius 2 is 0.562 bits per heavy atom. The van der Waals surface area contributed by atoms with Crippen LogP contribution in [0.25, 0.3) is 90.1 Å². The number of aromatic nitrogens is 4. The minimum atomic E-state index is -0.319. The molecule has 304 valence electrons. The molecule has 5 nitrogen and oxygen atoms in total. The van der Waals surface area contributed by atoms with Crippen LogP contribution in [0.5, 0.6) is 11.5 Å². The van der Waals surface area contributed by atoms with Gasteiger partial charge in [-0.05, 0) is 58.7 Å². The molecule has 0 saturated heterocycles. The first-order chi connectivity index (χ1) is 31.4. The molecule has 1 aliphatic rings. The Bertz CT molecular complexity index is 2940. The van der Waals surface area contributed by atoms with Gasteiger partial charge >= 0.3 is 0 Å². The van der Waals surface area contributed by atoms with Crippen LogP contribution in [-0.4, -0.2) is 19.9 Å². The third-order valence-electron chi connectivity index (χ3n) is 12.2. The highest BCUT2D eigenvalue weighted by Gasteiger charge is 2.35. The van der Waals surface area contributed by atoms with E-state index in [1.165, 1.54) is 0 Å². The number of benzene rings is 8. The Morgan fingerprint density at radius 3 is 0.906 bits per heavy atom. The van der Waals surface area contributed by atoms with Crippen molar-refractivity contribution in [3.8, 4) is 102 Å². The second kappa shape index (κ2) is 16.2. The number of nitrogens with zero attached hydrogens (tertiary/aromatic N) is 4. The van der Waals surface area contributed by atoms with Crippen LogP contribution in [-0.2, 0) is 5.41 Å². The molecule has 0 atom stereocenters. The zero-order chi connectivity index (χ0) is 43.0. The van der Waals surface area contributed by atoms with Crippen LogP contribution in [0.1, 0.15) is 25.0 Å². The summed E-state index contributed by atoms with van der Waals surface area (Å²) in [4.78, 5) is 20.0. The summed E-state index contributed by atoms with van der Waals surface area (Å²) in [6.45, 7) is 4.58. The maximum Gasteiger partial charge on any atom is 0.160 e. The smallest absolute Gasteiger partial charge is 0.160 e. The summed E-state index contributed by atoms with van der Waals surface area (Å²) in [5, 5.41) is 0. The highest BCUT2D eigenvalue weighted by Crippen LogP contribution is 2.50. The van der Waals surface area contributed by atoms with Gasteiger partial charge in [0.15, 0.2) is 11.6 Å². The number of hydrogen-bond acceptors (Lipinski definition) is 5. The van der Waals surface area contributed by atoms with Gasteiger partial charge in [0.05, 0.1) is 22.8 Å². The first-order valence-electron chi connectivity index (χ1n) is 21.6. The van der Waals surface area contributed by atoms with Gasteiger partial charge < -0.3 is 4.74 Å². The van der Waals surface area contributed by atoms with Gasteiger partial charge in [0.25, 0.3) is 0 Å². The molecular formula is C59H42N4O. The van der Waals surface area contributed by atoms with E-state index < -0.39 is 0 Å². The Labute approximate surface area is 373 Å². The maximum absolute atomic E-state index is 6.61. The van der Waals surface area contributed by atoms with Crippen molar-refractivity contribution >= 4 is 0 Å². The first-order valence-corrected chi connectivity index (χ1v) is 21.6. The van der Waals surface area contributed by atoms with E-state index >= 15 is 0 Å². The van der Waals surface area contributed by atoms with Crippen molar-refractivity contribution in [2.24, 2.45) is 0 Å². The summed E-state index contributed by atoms with van der Waals surface area (Å²) in [5.41, 5.74) is 16.2. The minimum Gasteiger partial charge on any atom is -0.457 e. The van der Waals surface area contributed by atoms with Gasteiger partial charge in [-0.25, -0.2) is 19.9 Å². The zero-order valence-corrected chi connectivity index (χ0v) is 35.5. The van der Waals surface area contributed by atoms with Gasteiger partial charge in [0.2, 0.25) is 0 Å². The average Bonchev–Trinajstić information content (AvgIpc) is 3.37. The molecule has 0 unspecified atom stereocenters. The van der Waals surface area contributed by atoms with Crippen molar-refractivity contribution < 1.29 is 4.74 Å². The Kier molecular flexibility index (Phi) is 9.78. The van der Waals surface area contributed by atoms with Crippen LogP contribution in [0, 0.1) is 0 Å². The van der Waals surface area contributed by atoms with Crippen molar-refractivity contribution in [2.75, 3.05) is 0 Å². The molecule has 11 rings (SSSR count). The van der Waals surface area contributed by atoms with Crippen LogP contribution < -0.4 is 4.74 Å². The van der Waals surface area contributed by atoms with E-state index in [2.05, 4.69) is 159 Å². The second-order valence-corrected chi connectivity index (χ2v) is 16.7. The van der Waals surface area contributed by atoms with E-state index in [9.17, 15) is 0 Å². The van der Waals surface area contributed by atoms with Crippen molar-refractivity contribution in [3.63, 3.8) is 0 Å². The Hall–Kier alpha value is -8.28. The summed E-state index contributed by atoms with van der Waals surface area (Å²) >= 11 is 0. The predicted molar refractivity (Wildman–Crippen MR) is 260 cm³/mol. The largest absolute Gasteiger partial charge is 0.457 e. The predicted octanol–water partition coefficient (Wildman–Crippen LogP) is 15.0. The molecule has 2 aromatic heterocycles. The lowest BCUT2D eigenvalue weighted by atomic mass is 9.74. The van der Waals surface area contributed by atoms with E-state index in [-0.39, 0.29) is 5.41 Å². The number of ether oxygens (including phenoxy) is 1. The van der Waals surface area contributed by atoms with Crippen molar-refractivity contribution in [3.05, 3.63) is 230 Å². The van der Waals surface area contributed by atoms with Crippen molar-refractivity contribution in [2.45, 2.75) is 19.3 Å². The molecule has 0 aliphatic carbocycles. The fraction of sp³-hybridized carbons (Fsp3) is 0.0508. The van der Waals surface area contributed by atoms with Crippen molar-refractivity contribution in [1.29, 1.82) is 0 Å². The molecule has 0 saturated carbocycles. The number of rotatable bonds is 8. The van der Waals surface area contributed by atoms with Crippen LogP contribution in [0.3, 0.4) is 0 Å². The van der Waals surface area contributed by atoms with Gasteiger partial charge in [0, 0.05) is 49.9 Å². The molecule has 1 aliphatic heterocycles. The van der Waals surface area contributed by atoms with E-state index in [1.807, 2.05) is 72.8 Å². The first kappa shape index (κ1) is 38.6. The zero-order valence-electron chi connectivity index (χ0n) is 35.5. The normalized spacial score (nSPS) is 12.5. The number of fused-ring (bicyclic) bond motifs is 2. The Balaban J connectivity index is 0.879. The van der Waals surface area contributed by atoms with E-state index in [1.54, 1.807) is 0 Å². The van der Waals surface area contributed by atoms with Gasteiger partial charge in [0.1, 0.15) is 11.5 Å². The van der Waals surface area contributed by atoms with Crippen LogP contribution in [0.2, 0.25) is 0 Å². The van der Waals surface area contributed by atoms with Gasteiger partial charge in [-0.1, -0.05) is 196 Å². The summed E-state index contributed by atoms with van der Waals surface area (Å²) in [7, 11) is 0. The van der Waals surface area contributed by atoms with Crippen LogP contribution >= 0.6 is 0 Å². The second-order valence-electron chi connectivity index (χ2n) is 16.7. The van der Waals surface area contributed by atoms with Crippen LogP contribution in [0.15, 0.2) is 218 Å². The lowest BCUT2D eigenvalue weighted by molar-refractivity contribution is 0.418. The summed E-state index contributed by atoms with van der Waals surface area (Å²) < 4.78 is 6.61. The van der Waals surface area contributed by atoms with Gasteiger partial charge in [-0.15, -0.1) is 0 Å². The molecular weight excluding hydrogens is 781 g/mol. The molecule has 5 heteroatoms. The molecule has 0 fully saturated rings. The summed E-state index contributed by atoms with van der Waals surface area (Å²) in [5.74, 6) is 3.17. The lowest BCUT2D eigenvalue weighted by Crippen LogP contribution is -2.24. The van der Waals surface area contributed by atoms with Crippen molar-refractivity contribution in [1.82, 2.24) is 19.9 Å². The third kappa shape index (κ3) is 7.43. The molecule has 64 heavy (non-hydrogen) atoms. The fourth-order valence-electron chi connectivity index (χ4n) is 8.64. The molecule has 0 amide bonds. The number of hydrogen-bond donors (Lipinski definition) is 0. The molecule has 8 aromatic carbocycles. The standard InChI is InChI=1S/C59H42N4O/c1-59(2)49-35-47(39-23-27-43(28-24-39)53-37-51(41-15-7-3-8-16-41)60-57(62-53)45-19-11-5-12-20-45)31-33-55(49)64-56-34-32-48(36-50(56)59)40-25-29-44(30-26-40)54-38-52(42-17-9-4-10-18-42)61-58(63-54)46-21-13-6-14-22-46/h3-38H,1-2H3. The lowest BCUT2D eigenvalue weighted by Gasteiger charge is -2.35. The van der Waals surface area contributed by atoms with Crippen LogP contribution in [0.4, 0.5) is 0 Å². The Morgan fingerprint density at radius 1 is 0.281 bits per heavy atom. The molecule has 0 N–H and O–H groups in total.